The molecule has 3 nitrogen and oxygen atoms in total. The minimum absolute atomic E-state index is 0.00503. The number of rotatable bonds is 6. The summed E-state index contributed by atoms with van der Waals surface area (Å²) in [7, 11) is 0. The second kappa shape index (κ2) is 6.97. The fourth-order valence-corrected chi connectivity index (χ4v) is 2.10. The Morgan fingerprint density at radius 1 is 1.39 bits per heavy atom. The molecule has 1 aliphatic rings. The van der Waals surface area contributed by atoms with Crippen LogP contribution in [-0.2, 0) is 9.53 Å². The molecule has 1 heterocycles. The smallest absolute Gasteiger partial charge is 0.372 e. The molecular formula is C12H20F3NO2. The van der Waals surface area contributed by atoms with Crippen molar-refractivity contribution in [1.82, 2.24) is 4.90 Å². The van der Waals surface area contributed by atoms with E-state index in [2.05, 4.69) is 0 Å². The van der Waals surface area contributed by atoms with Gasteiger partial charge in [0.15, 0.2) is 0 Å². The van der Waals surface area contributed by atoms with Crippen LogP contribution in [0.1, 0.15) is 39.0 Å². The molecule has 0 aromatic rings. The van der Waals surface area contributed by atoms with Crippen molar-refractivity contribution in [2.24, 2.45) is 0 Å². The maximum atomic E-state index is 12.6. The van der Waals surface area contributed by atoms with Crippen LogP contribution in [0.2, 0.25) is 0 Å². The van der Waals surface area contributed by atoms with Crippen LogP contribution in [0.4, 0.5) is 13.2 Å². The van der Waals surface area contributed by atoms with E-state index in [1.807, 2.05) is 6.92 Å². The van der Waals surface area contributed by atoms with Gasteiger partial charge < -0.3 is 9.64 Å². The zero-order chi connectivity index (χ0) is 13.6. The second-order valence-corrected chi connectivity index (χ2v) is 4.55. The monoisotopic (exact) mass is 267 g/mol. The standard InChI is InChI=1S/C12H20F3NO2/c1-2-3-4-8-18-9-11(17)16-7-5-6-10(16)12(13,14)15/h10H,2-9H2,1H3. The molecule has 0 aromatic heterocycles. The molecule has 0 bridgehead atoms. The van der Waals surface area contributed by atoms with Gasteiger partial charge in [-0.05, 0) is 19.3 Å². The molecule has 6 heteroatoms. The van der Waals surface area contributed by atoms with Gasteiger partial charge in [-0.1, -0.05) is 19.8 Å². The van der Waals surface area contributed by atoms with E-state index in [-0.39, 0.29) is 19.6 Å². The van der Waals surface area contributed by atoms with E-state index in [0.717, 1.165) is 24.2 Å². The summed E-state index contributed by atoms with van der Waals surface area (Å²) < 4.78 is 43.0. The lowest BCUT2D eigenvalue weighted by atomic mass is 10.2. The number of ether oxygens (including phenoxy) is 1. The molecule has 1 rings (SSSR count). The highest BCUT2D eigenvalue weighted by Crippen LogP contribution is 2.32. The molecule has 1 fully saturated rings. The van der Waals surface area contributed by atoms with Gasteiger partial charge in [0, 0.05) is 13.2 Å². The predicted octanol–water partition coefficient (Wildman–Crippen LogP) is 2.75. The molecule has 18 heavy (non-hydrogen) atoms. The third-order valence-corrected chi connectivity index (χ3v) is 3.07. The van der Waals surface area contributed by atoms with Crippen LogP contribution in [0.3, 0.4) is 0 Å². The fraction of sp³-hybridized carbons (Fsp3) is 0.917. The Hall–Kier alpha value is -0.780. The largest absolute Gasteiger partial charge is 0.408 e. The topological polar surface area (TPSA) is 29.5 Å². The Bertz CT molecular complexity index is 269. The van der Waals surface area contributed by atoms with Crippen LogP contribution in [0.5, 0.6) is 0 Å². The Labute approximate surface area is 105 Å². The van der Waals surface area contributed by atoms with Gasteiger partial charge in [0.1, 0.15) is 12.6 Å². The molecule has 0 aliphatic carbocycles. The SMILES string of the molecule is CCCCCOCC(=O)N1CCCC1C(F)(F)F. The second-order valence-electron chi connectivity index (χ2n) is 4.55. The van der Waals surface area contributed by atoms with E-state index in [0.29, 0.717) is 13.0 Å². The number of likely N-dealkylation sites (tertiary alicyclic amines) is 1. The van der Waals surface area contributed by atoms with Gasteiger partial charge in [-0.2, -0.15) is 13.2 Å². The van der Waals surface area contributed by atoms with E-state index in [4.69, 9.17) is 4.74 Å². The third-order valence-electron chi connectivity index (χ3n) is 3.07. The summed E-state index contributed by atoms with van der Waals surface area (Å²) in [5.74, 6) is -0.550. The lowest BCUT2D eigenvalue weighted by Crippen LogP contribution is -2.45. The van der Waals surface area contributed by atoms with Gasteiger partial charge in [0.05, 0.1) is 0 Å². The first-order valence-corrected chi connectivity index (χ1v) is 6.40. The quantitative estimate of drug-likeness (QED) is 0.692. The summed E-state index contributed by atoms with van der Waals surface area (Å²) >= 11 is 0. The molecule has 1 aliphatic heterocycles. The maximum Gasteiger partial charge on any atom is 0.408 e. The van der Waals surface area contributed by atoms with E-state index >= 15 is 0 Å². The minimum atomic E-state index is -4.33. The highest BCUT2D eigenvalue weighted by molar-refractivity contribution is 5.78. The molecule has 1 unspecified atom stereocenters. The number of hydrogen-bond acceptors (Lipinski definition) is 2. The minimum Gasteiger partial charge on any atom is -0.372 e. The molecule has 0 aromatic carbocycles. The van der Waals surface area contributed by atoms with Crippen LogP contribution >= 0.6 is 0 Å². The van der Waals surface area contributed by atoms with Crippen LogP contribution in [0.25, 0.3) is 0 Å². The summed E-state index contributed by atoms with van der Waals surface area (Å²) in [5.41, 5.74) is 0. The maximum absolute atomic E-state index is 12.6. The number of amides is 1. The van der Waals surface area contributed by atoms with E-state index < -0.39 is 18.1 Å². The number of nitrogens with zero attached hydrogens (tertiary/aromatic N) is 1. The Balaban J connectivity index is 2.32. The highest BCUT2D eigenvalue weighted by atomic mass is 19.4. The molecule has 106 valence electrons. The van der Waals surface area contributed by atoms with Gasteiger partial charge in [-0.15, -0.1) is 0 Å². The normalized spacial score (nSPS) is 20.4. The first-order chi connectivity index (χ1) is 8.46. The number of hydrogen-bond donors (Lipinski definition) is 0. The van der Waals surface area contributed by atoms with Crippen molar-refractivity contribution in [3.8, 4) is 0 Å². The van der Waals surface area contributed by atoms with Gasteiger partial charge in [-0.25, -0.2) is 0 Å². The first kappa shape index (κ1) is 15.3. The van der Waals surface area contributed by atoms with Gasteiger partial charge in [0.2, 0.25) is 5.91 Å². The van der Waals surface area contributed by atoms with Crippen molar-refractivity contribution in [3.63, 3.8) is 0 Å². The Kier molecular flexibility index (Phi) is 5.91. The highest BCUT2D eigenvalue weighted by Gasteiger charge is 2.47. The van der Waals surface area contributed by atoms with Crippen molar-refractivity contribution in [3.05, 3.63) is 0 Å². The molecule has 0 N–H and O–H groups in total. The summed E-state index contributed by atoms with van der Waals surface area (Å²) in [6, 6.07) is -1.62. The predicted molar refractivity (Wildman–Crippen MR) is 61.1 cm³/mol. The van der Waals surface area contributed by atoms with Crippen molar-refractivity contribution in [2.75, 3.05) is 19.8 Å². The third kappa shape index (κ3) is 4.48. The molecule has 0 saturated carbocycles. The van der Waals surface area contributed by atoms with Crippen LogP contribution < -0.4 is 0 Å². The molecule has 0 radical (unpaired) electrons. The van der Waals surface area contributed by atoms with Gasteiger partial charge in [0.25, 0.3) is 0 Å². The summed E-state index contributed by atoms with van der Waals surface area (Å²) in [6.45, 7) is 2.42. The summed E-state index contributed by atoms with van der Waals surface area (Å²) in [6.07, 6.45) is -1.03. The zero-order valence-electron chi connectivity index (χ0n) is 10.6. The van der Waals surface area contributed by atoms with Crippen molar-refractivity contribution in [2.45, 2.75) is 51.2 Å². The average Bonchev–Trinajstić information content (AvgIpc) is 2.77. The first-order valence-electron chi connectivity index (χ1n) is 6.40. The number of unbranched alkanes of at least 4 members (excludes halogenated alkanes) is 2. The van der Waals surface area contributed by atoms with Crippen LogP contribution in [0.15, 0.2) is 0 Å². The van der Waals surface area contributed by atoms with Crippen molar-refractivity contribution in [1.29, 1.82) is 0 Å². The molecular weight excluding hydrogens is 247 g/mol. The zero-order valence-corrected chi connectivity index (χ0v) is 10.6. The summed E-state index contributed by atoms with van der Waals surface area (Å²) in [4.78, 5) is 12.5. The van der Waals surface area contributed by atoms with E-state index in [1.54, 1.807) is 0 Å². The number of carbonyl (C=O) groups is 1. The number of alkyl halides is 3. The Morgan fingerprint density at radius 2 is 2.11 bits per heavy atom. The summed E-state index contributed by atoms with van der Waals surface area (Å²) in [5, 5.41) is 0. The number of halogens is 3. The van der Waals surface area contributed by atoms with E-state index in [1.165, 1.54) is 0 Å². The molecule has 0 spiro atoms. The average molecular weight is 267 g/mol. The molecule has 1 amide bonds. The van der Waals surface area contributed by atoms with Crippen molar-refractivity contribution < 1.29 is 22.7 Å². The van der Waals surface area contributed by atoms with Crippen molar-refractivity contribution >= 4 is 5.91 Å². The van der Waals surface area contributed by atoms with Crippen LogP contribution in [0, 0.1) is 0 Å². The number of carbonyl (C=O) groups excluding carboxylic acids is 1. The van der Waals surface area contributed by atoms with Gasteiger partial charge >= 0.3 is 6.18 Å². The fourth-order valence-electron chi connectivity index (χ4n) is 2.10. The van der Waals surface area contributed by atoms with E-state index in [9.17, 15) is 18.0 Å². The Morgan fingerprint density at radius 3 is 2.72 bits per heavy atom. The lowest BCUT2D eigenvalue weighted by molar-refractivity contribution is -0.184. The van der Waals surface area contributed by atoms with Crippen LogP contribution in [-0.4, -0.2) is 42.8 Å². The molecule has 1 atom stereocenters. The lowest BCUT2D eigenvalue weighted by Gasteiger charge is -2.26. The van der Waals surface area contributed by atoms with Gasteiger partial charge in [-0.3, -0.25) is 4.79 Å². The molecule has 1 saturated heterocycles.